The summed E-state index contributed by atoms with van der Waals surface area (Å²) in [6.45, 7) is 0.239. The Morgan fingerprint density at radius 2 is 2.26 bits per heavy atom. The third-order valence-corrected chi connectivity index (χ3v) is 5.21. The van der Waals surface area contributed by atoms with Gasteiger partial charge >= 0.3 is 0 Å². The van der Waals surface area contributed by atoms with Gasteiger partial charge in [-0.3, -0.25) is 9.48 Å². The highest BCUT2D eigenvalue weighted by Gasteiger charge is 2.15. The molecule has 0 aliphatic heterocycles. The second-order valence-electron chi connectivity index (χ2n) is 4.04. The Balaban J connectivity index is 2.33. The molecule has 0 bridgehead atoms. The van der Waals surface area contributed by atoms with E-state index in [1.807, 2.05) is 11.4 Å². The number of thiophene rings is 1. The summed E-state index contributed by atoms with van der Waals surface area (Å²) in [6, 6.07) is 1.88. The standard InChI is InChI=1S/C11H11BrN2O3S2/c1-19(16,17)5-3-14-6-8(7-15)10(13-14)11-9(12)2-4-18-11/h2,4,6-7H,3,5H2,1H3. The fourth-order valence-corrected chi connectivity index (χ4v) is 3.62. The van der Waals surface area contributed by atoms with Crippen LogP contribution in [0.2, 0.25) is 0 Å². The van der Waals surface area contributed by atoms with E-state index in [4.69, 9.17) is 0 Å². The number of aryl methyl sites for hydroxylation is 1. The van der Waals surface area contributed by atoms with Crippen molar-refractivity contribution in [1.82, 2.24) is 9.78 Å². The van der Waals surface area contributed by atoms with Crippen molar-refractivity contribution >= 4 is 43.4 Å². The molecule has 0 fully saturated rings. The molecule has 0 unspecified atom stereocenters. The van der Waals surface area contributed by atoms with Crippen LogP contribution >= 0.6 is 27.3 Å². The van der Waals surface area contributed by atoms with Crippen LogP contribution in [0.15, 0.2) is 22.1 Å². The van der Waals surface area contributed by atoms with Crippen molar-refractivity contribution in [3.63, 3.8) is 0 Å². The molecule has 19 heavy (non-hydrogen) atoms. The molecule has 5 nitrogen and oxygen atoms in total. The number of nitrogens with zero attached hydrogens (tertiary/aromatic N) is 2. The molecular weight excluding hydrogens is 352 g/mol. The molecule has 0 amide bonds. The van der Waals surface area contributed by atoms with Crippen molar-refractivity contribution in [3.05, 3.63) is 27.7 Å². The SMILES string of the molecule is CS(=O)(=O)CCn1cc(C=O)c(-c2sccc2Br)n1. The number of hydrogen-bond acceptors (Lipinski definition) is 5. The summed E-state index contributed by atoms with van der Waals surface area (Å²) in [6.07, 6.45) is 3.47. The molecule has 8 heteroatoms. The summed E-state index contributed by atoms with van der Waals surface area (Å²) in [7, 11) is -3.05. The van der Waals surface area contributed by atoms with E-state index in [-0.39, 0.29) is 12.3 Å². The molecule has 0 saturated carbocycles. The van der Waals surface area contributed by atoms with Gasteiger partial charge in [-0.05, 0) is 27.4 Å². The lowest BCUT2D eigenvalue weighted by atomic mass is 10.2. The van der Waals surface area contributed by atoms with Crippen LogP contribution in [0.1, 0.15) is 10.4 Å². The van der Waals surface area contributed by atoms with Crippen LogP contribution < -0.4 is 0 Å². The van der Waals surface area contributed by atoms with Crippen LogP contribution in [0.25, 0.3) is 10.6 Å². The zero-order chi connectivity index (χ0) is 14.0. The summed E-state index contributed by atoms with van der Waals surface area (Å²) >= 11 is 4.86. The van der Waals surface area contributed by atoms with Gasteiger partial charge in [-0.1, -0.05) is 0 Å². The van der Waals surface area contributed by atoms with Gasteiger partial charge in [0.1, 0.15) is 15.5 Å². The first kappa shape index (κ1) is 14.4. The van der Waals surface area contributed by atoms with Gasteiger partial charge in [0.05, 0.1) is 22.7 Å². The van der Waals surface area contributed by atoms with Gasteiger partial charge in [-0.2, -0.15) is 5.10 Å². The van der Waals surface area contributed by atoms with Crippen LogP contribution in [0.4, 0.5) is 0 Å². The number of aldehydes is 1. The van der Waals surface area contributed by atoms with Gasteiger partial charge in [0.15, 0.2) is 6.29 Å². The van der Waals surface area contributed by atoms with Gasteiger partial charge in [-0.25, -0.2) is 8.42 Å². The van der Waals surface area contributed by atoms with Crippen LogP contribution in [0.5, 0.6) is 0 Å². The fraction of sp³-hybridized carbons (Fsp3) is 0.273. The van der Waals surface area contributed by atoms with Crippen LogP contribution in [0, 0.1) is 0 Å². The summed E-state index contributed by atoms with van der Waals surface area (Å²) in [4.78, 5) is 11.9. The maximum absolute atomic E-state index is 11.1. The molecule has 2 rings (SSSR count). The maximum atomic E-state index is 11.1. The minimum atomic E-state index is -3.05. The van der Waals surface area contributed by atoms with Gasteiger partial charge < -0.3 is 0 Å². The lowest BCUT2D eigenvalue weighted by molar-refractivity contribution is 0.112. The molecule has 0 aliphatic carbocycles. The highest BCUT2D eigenvalue weighted by molar-refractivity contribution is 9.10. The summed E-state index contributed by atoms with van der Waals surface area (Å²) in [5, 5.41) is 6.18. The smallest absolute Gasteiger partial charge is 0.153 e. The monoisotopic (exact) mass is 362 g/mol. The summed E-state index contributed by atoms with van der Waals surface area (Å²) in [5.41, 5.74) is 1.03. The predicted molar refractivity (Wildman–Crippen MR) is 78.3 cm³/mol. The van der Waals surface area contributed by atoms with Crippen LogP contribution in [0.3, 0.4) is 0 Å². The second kappa shape index (κ2) is 5.56. The number of hydrogen-bond donors (Lipinski definition) is 0. The number of carbonyl (C=O) groups is 1. The van der Waals surface area contributed by atoms with Crippen LogP contribution in [-0.2, 0) is 16.4 Å². The largest absolute Gasteiger partial charge is 0.298 e. The topological polar surface area (TPSA) is 69.0 Å². The number of sulfone groups is 1. The van der Waals surface area contributed by atoms with E-state index in [9.17, 15) is 13.2 Å². The summed E-state index contributed by atoms with van der Waals surface area (Å²) in [5.74, 6) is -0.00196. The zero-order valence-corrected chi connectivity index (χ0v) is 13.3. The average Bonchev–Trinajstić information content (AvgIpc) is 2.91. The Labute approximate surface area is 123 Å². The van der Waals surface area contributed by atoms with Gasteiger partial charge in [-0.15, -0.1) is 11.3 Å². The molecule has 0 atom stereocenters. The first-order valence-corrected chi connectivity index (χ1v) is 9.08. The van der Waals surface area contributed by atoms with Gasteiger partial charge in [0.25, 0.3) is 0 Å². The molecule has 0 N–H and O–H groups in total. The van der Waals surface area contributed by atoms with Gasteiger partial charge in [0, 0.05) is 16.9 Å². The van der Waals surface area contributed by atoms with E-state index >= 15 is 0 Å². The van der Waals surface area contributed by atoms with E-state index in [0.717, 1.165) is 15.6 Å². The molecular formula is C11H11BrN2O3S2. The molecule has 0 aliphatic rings. The molecule has 0 aromatic carbocycles. The van der Waals surface area contributed by atoms with Crippen molar-refractivity contribution in [2.75, 3.05) is 12.0 Å². The third-order valence-electron chi connectivity index (χ3n) is 2.44. The lowest BCUT2D eigenvalue weighted by Gasteiger charge is -1.99. The Kier molecular flexibility index (Phi) is 4.22. The first-order chi connectivity index (χ1) is 8.90. The minimum absolute atomic E-state index is 0.00196. The van der Waals surface area contributed by atoms with Crippen LogP contribution in [-0.4, -0.2) is 36.5 Å². The Morgan fingerprint density at radius 3 is 2.79 bits per heavy atom. The summed E-state index contributed by atoms with van der Waals surface area (Å²) < 4.78 is 24.6. The van der Waals surface area contributed by atoms with Gasteiger partial charge in [0.2, 0.25) is 0 Å². The highest BCUT2D eigenvalue weighted by Crippen LogP contribution is 2.33. The van der Waals surface area contributed by atoms with E-state index in [1.165, 1.54) is 22.3 Å². The lowest BCUT2D eigenvalue weighted by Crippen LogP contribution is -2.11. The number of rotatable bonds is 5. The molecule has 0 radical (unpaired) electrons. The zero-order valence-electron chi connectivity index (χ0n) is 10.0. The quantitative estimate of drug-likeness (QED) is 0.764. The average molecular weight is 363 g/mol. The maximum Gasteiger partial charge on any atom is 0.153 e. The second-order valence-corrected chi connectivity index (χ2v) is 8.07. The Hall–Kier alpha value is -0.990. The number of aromatic nitrogens is 2. The van der Waals surface area contributed by atoms with E-state index in [0.29, 0.717) is 11.3 Å². The molecule has 0 spiro atoms. The molecule has 0 saturated heterocycles. The van der Waals surface area contributed by atoms with Crippen molar-refractivity contribution in [2.24, 2.45) is 0 Å². The highest BCUT2D eigenvalue weighted by atomic mass is 79.9. The van der Waals surface area contributed by atoms with Crippen molar-refractivity contribution in [2.45, 2.75) is 6.54 Å². The molecule has 2 aromatic rings. The fourth-order valence-electron chi connectivity index (χ4n) is 1.54. The van der Waals surface area contributed by atoms with Crippen molar-refractivity contribution < 1.29 is 13.2 Å². The Bertz CT molecular complexity index is 703. The van der Waals surface area contributed by atoms with E-state index < -0.39 is 9.84 Å². The van der Waals surface area contributed by atoms with Crippen molar-refractivity contribution in [1.29, 1.82) is 0 Å². The molecule has 2 heterocycles. The normalized spacial score (nSPS) is 11.7. The first-order valence-electron chi connectivity index (χ1n) is 5.34. The molecule has 2 aromatic heterocycles. The Morgan fingerprint density at radius 1 is 1.53 bits per heavy atom. The third kappa shape index (κ3) is 3.52. The predicted octanol–water partition coefficient (Wildman–Crippen LogP) is 2.23. The number of halogens is 1. The number of carbonyl (C=O) groups excluding carboxylic acids is 1. The van der Waals surface area contributed by atoms with E-state index in [1.54, 1.807) is 6.20 Å². The van der Waals surface area contributed by atoms with E-state index in [2.05, 4.69) is 21.0 Å². The minimum Gasteiger partial charge on any atom is -0.298 e. The van der Waals surface area contributed by atoms with Crippen molar-refractivity contribution in [3.8, 4) is 10.6 Å². The molecule has 102 valence electrons.